The van der Waals surface area contributed by atoms with Gasteiger partial charge >= 0.3 is 12.0 Å². The minimum atomic E-state index is -0.384. The molecule has 0 saturated carbocycles. The van der Waals surface area contributed by atoms with Crippen molar-refractivity contribution in [3.63, 3.8) is 0 Å². The molecule has 2 N–H and O–H groups in total. The molecule has 2 amide bonds. The standard InChI is InChI=1S/C18H17BrN2O3/c1-24-17(22)15-6-2-14(3-7-15)12-21-18(23)20-11-10-13-4-8-16(19)9-5-13/h2-11H,12H2,1H3,(H2,20,21,23)/b11-10+. The molecule has 0 aromatic heterocycles. The number of esters is 1. The fraction of sp³-hybridized carbons (Fsp3) is 0.111. The Bertz CT molecular complexity index is 725. The number of rotatable bonds is 5. The second-order valence-corrected chi connectivity index (χ2v) is 5.82. The third-order valence-corrected chi connectivity index (χ3v) is 3.72. The van der Waals surface area contributed by atoms with Gasteiger partial charge in [-0.3, -0.25) is 0 Å². The number of nitrogens with one attached hydrogen (secondary N) is 2. The van der Waals surface area contributed by atoms with E-state index in [1.165, 1.54) is 7.11 Å². The second kappa shape index (κ2) is 8.88. The van der Waals surface area contributed by atoms with Crippen LogP contribution in [0.1, 0.15) is 21.5 Å². The van der Waals surface area contributed by atoms with Crippen LogP contribution in [0.25, 0.3) is 6.08 Å². The molecular formula is C18H17BrN2O3. The van der Waals surface area contributed by atoms with Crippen molar-refractivity contribution in [2.24, 2.45) is 0 Å². The zero-order chi connectivity index (χ0) is 17.4. The highest BCUT2D eigenvalue weighted by Crippen LogP contribution is 2.11. The first kappa shape index (κ1) is 17.7. The smallest absolute Gasteiger partial charge is 0.337 e. The maximum absolute atomic E-state index is 11.7. The quantitative estimate of drug-likeness (QED) is 0.767. The monoisotopic (exact) mass is 388 g/mol. The van der Waals surface area contributed by atoms with Gasteiger partial charge in [0, 0.05) is 17.2 Å². The van der Waals surface area contributed by atoms with E-state index in [9.17, 15) is 9.59 Å². The van der Waals surface area contributed by atoms with E-state index in [-0.39, 0.29) is 12.0 Å². The first-order chi connectivity index (χ1) is 11.6. The van der Waals surface area contributed by atoms with Crippen LogP contribution in [0.5, 0.6) is 0 Å². The molecule has 0 bridgehead atoms. The summed E-state index contributed by atoms with van der Waals surface area (Å²) in [5, 5.41) is 5.37. The Morgan fingerprint density at radius 2 is 1.75 bits per heavy atom. The topological polar surface area (TPSA) is 67.4 Å². The minimum Gasteiger partial charge on any atom is -0.465 e. The molecule has 24 heavy (non-hydrogen) atoms. The predicted molar refractivity (Wildman–Crippen MR) is 96.3 cm³/mol. The zero-order valence-electron chi connectivity index (χ0n) is 13.1. The van der Waals surface area contributed by atoms with Crippen LogP contribution in [-0.2, 0) is 11.3 Å². The van der Waals surface area contributed by atoms with Crippen LogP contribution in [0.3, 0.4) is 0 Å². The number of ether oxygens (including phenoxy) is 1. The van der Waals surface area contributed by atoms with Gasteiger partial charge in [0.2, 0.25) is 0 Å². The highest BCUT2D eigenvalue weighted by atomic mass is 79.9. The van der Waals surface area contributed by atoms with Crippen molar-refractivity contribution in [3.8, 4) is 0 Å². The molecule has 0 aliphatic carbocycles. The lowest BCUT2D eigenvalue weighted by atomic mass is 10.1. The summed E-state index contributed by atoms with van der Waals surface area (Å²) >= 11 is 3.37. The van der Waals surface area contributed by atoms with Gasteiger partial charge in [0.25, 0.3) is 0 Å². The summed E-state index contributed by atoms with van der Waals surface area (Å²) < 4.78 is 5.64. The number of methoxy groups -OCH3 is 1. The SMILES string of the molecule is COC(=O)c1ccc(CNC(=O)N/C=C/c2ccc(Br)cc2)cc1. The second-order valence-electron chi connectivity index (χ2n) is 4.90. The van der Waals surface area contributed by atoms with E-state index in [2.05, 4.69) is 31.3 Å². The Kier molecular flexibility index (Phi) is 6.57. The Morgan fingerprint density at radius 3 is 2.38 bits per heavy atom. The average molecular weight is 389 g/mol. The summed E-state index contributed by atoms with van der Waals surface area (Å²) in [6, 6.07) is 14.3. The van der Waals surface area contributed by atoms with Crippen molar-refractivity contribution in [2.45, 2.75) is 6.54 Å². The van der Waals surface area contributed by atoms with Crippen LogP contribution in [0.4, 0.5) is 4.79 Å². The van der Waals surface area contributed by atoms with Gasteiger partial charge in [-0.2, -0.15) is 0 Å². The lowest BCUT2D eigenvalue weighted by molar-refractivity contribution is 0.0600. The maximum Gasteiger partial charge on any atom is 0.337 e. The fourth-order valence-electron chi connectivity index (χ4n) is 1.90. The fourth-order valence-corrected chi connectivity index (χ4v) is 2.16. The van der Waals surface area contributed by atoms with Crippen LogP contribution >= 0.6 is 15.9 Å². The summed E-state index contributed by atoms with van der Waals surface area (Å²) in [4.78, 5) is 23.1. The molecule has 6 heteroatoms. The van der Waals surface area contributed by atoms with Gasteiger partial charge in [-0.1, -0.05) is 40.2 Å². The Balaban J connectivity index is 1.78. The molecule has 2 rings (SSSR count). The van der Waals surface area contributed by atoms with Gasteiger partial charge in [0.15, 0.2) is 0 Å². The zero-order valence-corrected chi connectivity index (χ0v) is 14.7. The molecule has 0 aliphatic rings. The van der Waals surface area contributed by atoms with Crippen LogP contribution in [-0.4, -0.2) is 19.1 Å². The molecule has 124 valence electrons. The molecule has 2 aromatic rings. The van der Waals surface area contributed by atoms with E-state index < -0.39 is 0 Å². The number of carbonyl (C=O) groups excluding carboxylic acids is 2. The van der Waals surface area contributed by atoms with Crippen LogP contribution < -0.4 is 10.6 Å². The van der Waals surface area contributed by atoms with Gasteiger partial charge in [-0.15, -0.1) is 0 Å². The van der Waals surface area contributed by atoms with E-state index in [0.29, 0.717) is 12.1 Å². The normalized spacial score (nSPS) is 10.4. The van der Waals surface area contributed by atoms with Crippen molar-refractivity contribution in [2.75, 3.05) is 7.11 Å². The van der Waals surface area contributed by atoms with Crippen molar-refractivity contribution in [3.05, 3.63) is 75.9 Å². The molecule has 0 aliphatic heterocycles. The van der Waals surface area contributed by atoms with Crippen molar-refractivity contribution in [1.82, 2.24) is 10.6 Å². The third kappa shape index (κ3) is 5.55. The Morgan fingerprint density at radius 1 is 1.08 bits per heavy atom. The number of benzene rings is 2. The van der Waals surface area contributed by atoms with Gasteiger partial charge < -0.3 is 15.4 Å². The maximum atomic E-state index is 11.7. The molecule has 0 saturated heterocycles. The first-order valence-electron chi connectivity index (χ1n) is 7.22. The molecule has 2 aromatic carbocycles. The Hall–Kier alpha value is -2.60. The van der Waals surface area contributed by atoms with Crippen molar-refractivity contribution < 1.29 is 14.3 Å². The van der Waals surface area contributed by atoms with Crippen LogP contribution in [0, 0.1) is 0 Å². The number of hydrogen-bond acceptors (Lipinski definition) is 3. The van der Waals surface area contributed by atoms with Gasteiger partial charge in [0.05, 0.1) is 12.7 Å². The highest BCUT2D eigenvalue weighted by molar-refractivity contribution is 9.10. The molecule has 0 atom stereocenters. The van der Waals surface area contributed by atoms with Crippen LogP contribution in [0.2, 0.25) is 0 Å². The van der Waals surface area contributed by atoms with E-state index >= 15 is 0 Å². The molecule has 0 fully saturated rings. The molecule has 0 unspecified atom stereocenters. The highest BCUT2D eigenvalue weighted by Gasteiger charge is 2.04. The number of hydrogen-bond donors (Lipinski definition) is 2. The number of carbonyl (C=O) groups is 2. The summed E-state index contributed by atoms with van der Waals surface area (Å²) in [5.41, 5.74) is 2.34. The summed E-state index contributed by atoms with van der Waals surface area (Å²) in [6.07, 6.45) is 3.39. The van der Waals surface area contributed by atoms with Gasteiger partial charge in [0.1, 0.15) is 0 Å². The molecule has 0 spiro atoms. The predicted octanol–water partition coefficient (Wildman–Crippen LogP) is 3.71. The minimum absolute atomic E-state index is 0.305. The third-order valence-electron chi connectivity index (χ3n) is 3.19. The lowest BCUT2D eigenvalue weighted by Crippen LogP contribution is -2.31. The largest absolute Gasteiger partial charge is 0.465 e. The summed E-state index contributed by atoms with van der Waals surface area (Å²) in [7, 11) is 1.34. The summed E-state index contributed by atoms with van der Waals surface area (Å²) in [5.74, 6) is -0.384. The first-order valence-corrected chi connectivity index (χ1v) is 8.01. The number of urea groups is 1. The molecule has 0 radical (unpaired) electrons. The average Bonchev–Trinajstić information content (AvgIpc) is 2.61. The number of halogens is 1. The number of amides is 2. The van der Waals surface area contributed by atoms with Gasteiger partial charge in [-0.05, 0) is 41.5 Å². The van der Waals surface area contributed by atoms with E-state index in [4.69, 9.17) is 0 Å². The molecular weight excluding hydrogens is 372 g/mol. The summed E-state index contributed by atoms with van der Waals surface area (Å²) in [6.45, 7) is 0.361. The van der Waals surface area contributed by atoms with Gasteiger partial charge in [-0.25, -0.2) is 9.59 Å². The Labute approximate surface area is 148 Å². The lowest BCUT2D eigenvalue weighted by Gasteiger charge is -2.06. The van der Waals surface area contributed by atoms with Crippen molar-refractivity contribution in [1.29, 1.82) is 0 Å². The molecule has 5 nitrogen and oxygen atoms in total. The van der Waals surface area contributed by atoms with E-state index in [1.54, 1.807) is 36.5 Å². The van der Waals surface area contributed by atoms with E-state index in [1.807, 2.05) is 24.3 Å². The van der Waals surface area contributed by atoms with Crippen molar-refractivity contribution >= 4 is 34.0 Å². The molecule has 0 heterocycles. The van der Waals surface area contributed by atoms with E-state index in [0.717, 1.165) is 15.6 Å². The van der Waals surface area contributed by atoms with Crippen LogP contribution in [0.15, 0.2) is 59.2 Å².